The molecule has 0 saturated carbocycles. The van der Waals surface area contributed by atoms with Crippen LogP contribution in [0.5, 0.6) is 28.7 Å². The summed E-state index contributed by atoms with van der Waals surface area (Å²) >= 11 is 0. The van der Waals surface area contributed by atoms with E-state index in [2.05, 4.69) is 0 Å². The van der Waals surface area contributed by atoms with Gasteiger partial charge in [0.25, 0.3) is 0 Å². The SMILES string of the molecule is COc1cc(C[C@H](OC)C(C)=O)ccc1OCCCOc1ccc(Oc2ccccc2)cc1. The summed E-state index contributed by atoms with van der Waals surface area (Å²) in [5.41, 5.74) is 0.948. The van der Waals surface area contributed by atoms with Crippen molar-refractivity contribution in [3.8, 4) is 28.7 Å². The first-order valence-electron chi connectivity index (χ1n) is 10.9. The number of para-hydroxylation sites is 1. The van der Waals surface area contributed by atoms with Crippen molar-refractivity contribution in [2.24, 2.45) is 0 Å². The first-order chi connectivity index (χ1) is 16.1. The number of Topliss-reactive ketones (excluding diaryl/α,β-unsaturated/α-hetero) is 1. The van der Waals surface area contributed by atoms with Crippen LogP contribution < -0.4 is 18.9 Å². The molecule has 0 aliphatic carbocycles. The Balaban J connectivity index is 1.42. The lowest BCUT2D eigenvalue weighted by molar-refractivity contribution is -0.126. The molecule has 1 atom stereocenters. The number of ether oxygens (including phenoxy) is 5. The number of ketones is 1. The molecular formula is C27H30O6. The fourth-order valence-electron chi connectivity index (χ4n) is 3.22. The molecule has 3 rings (SSSR count). The number of hydrogen-bond acceptors (Lipinski definition) is 6. The van der Waals surface area contributed by atoms with Crippen molar-refractivity contribution < 1.29 is 28.5 Å². The number of benzene rings is 3. The van der Waals surface area contributed by atoms with Gasteiger partial charge in [0.15, 0.2) is 17.3 Å². The maximum atomic E-state index is 11.6. The van der Waals surface area contributed by atoms with Crippen LogP contribution in [-0.4, -0.2) is 39.3 Å². The molecule has 6 heteroatoms. The lowest BCUT2D eigenvalue weighted by atomic mass is 10.0. The van der Waals surface area contributed by atoms with Gasteiger partial charge in [0, 0.05) is 20.0 Å². The highest BCUT2D eigenvalue weighted by atomic mass is 16.5. The molecule has 3 aromatic rings. The zero-order valence-corrected chi connectivity index (χ0v) is 19.3. The fraction of sp³-hybridized carbons (Fsp3) is 0.296. The van der Waals surface area contributed by atoms with Crippen molar-refractivity contribution in [3.63, 3.8) is 0 Å². The highest BCUT2D eigenvalue weighted by Gasteiger charge is 2.15. The summed E-state index contributed by atoms with van der Waals surface area (Å²) in [7, 11) is 3.13. The van der Waals surface area contributed by atoms with E-state index in [0.717, 1.165) is 22.8 Å². The number of rotatable bonds is 13. The summed E-state index contributed by atoms with van der Waals surface area (Å²) in [4.78, 5) is 11.6. The van der Waals surface area contributed by atoms with Crippen LogP contribution in [0.1, 0.15) is 18.9 Å². The van der Waals surface area contributed by atoms with Crippen LogP contribution in [0.2, 0.25) is 0 Å². The highest BCUT2D eigenvalue weighted by Crippen LogP contribution is 2.29. The van der Waals surface area contributed by atoms with Crippen LogP contribution in [-0.2, 0) is 16.0 Å². The highest BCUT2D eigenvalue weighted by molar-refractivity contribution is 5.80. The Morgan fingerprint density at radius 2 is 1.45 bits per heavy atom. The predicted molar refractivity (Wildman–Crippen MR) is 127 cm³/mol. The monoisotopic (exact) mass is 450 g/mol. The summed E-state index contributed by atoms with van der Waals surface area (Å²) in [6.45, 7) is 2.53. The van der Waals surface area contributed by atoms with Gasteiger partial charge in [-0.1, -0.05) is 24.3 Å². The first kappa shape index (κ1) is 24.1. The molecule has 174 valence electrons. The third kappa shape index (κ3) is 7.54. The Bertz CT molecular complexity index is 1000. The molecule has 0 radical (unpaired) electrons. The third-order valence-corrected chi connectivity index (χ3v) is 5.00. The summed E-state index contributed by atoms with van der Waals surface area (Å²) in [5, 5.41) is 0. The first-order valence-corrected chi connectivity index (χ1v) is 10.9. The molecule has 0 unspecified atom stereocenters. The molecular weight excluding hydrogens is 420 g/mol. The topological polar surface area (TPSA) is 63.2 Å². The largest absolute Gasteiger partial charge is 0.493 e. The van der Waals surface area contributed by atoms with E-state index in [0.29, 0.717) is 37.6 Å². The molecule has 0 spiro atoms. The molecule has 0 aliphatic heterocycles. The van der Waals surface area contributed by atoms with Gasteiger partial charge in [-0.05, 0) is 61.0 Å². The van der Waals surface area contributed by atoms with E-state index in [4.69, 9.17) is 23.7 Å². The van der Waals surface area contributed by atoms with E-state index in [1.165, 1.54) is 14.0 Å². The summed E-state index contributed by atoms with van der Waals surface area (Å²) in [6, 6.07) is 22.8. The Labute approximate surface area is 195 Å². The van der Waals surface area contributed by atoms with E-state index in [-0.39, 0.29) is 5.78 Å². The number of carbonyl (C=O) groups is 1. The molecule has 33 heavy (non-hydrogen) atoms. The van der Waals surface area contributed by atoms with Gasteiger partial charge < -0.3 is 23.7 Å². The second-order valence-electron chi connectivity index (χ2n) is 7.46. The summed E-state index contributed by atoms with van der Waals surface area (Å²) in [5.74, 6) is 3.60. The third-order valence-electron chi connectivity index (χ3n) is 5.00. The zero-order valence-electron chi connectivity index (χ0n) is 19.3. The minimum Gasteiger partial charge on any atom is -0.493 e. The van der Waals surface area contributed by atoms with Crippen molar-refractivity contribution in [3.05, 3.63) is 78.4 Å². The second kappa shape index (κ2) is 12.5. The molecule has 0 aliphatic rings. The van der Waals surface area contributed by atoms with Crippen molar-refractivity contribution in [2.75, 3.05) is 27.4 Å². The molecule has 6 nitrogen and oxygen atoms in total. The van der Waals surface area contributed by atoms with Crippen molar-refractivity contribution >= 4 is 5.78 Å². The Morgan fingerprint density at radius 1 is 0.788 bits per heavy atom. The lowest BCUT2D eigenvalue weighted by Crippen LogP contribution is -2.22. The molecule has 0 bridgehead atoms. The van der Waals surface area contributed by atoms with Crippen LogP contribution in [0.3, 0.4) is 0 Å². The number of carbonyl (C=O) groups excluding carboxylic acids is 1. The standard InChI is InChI=1S/C27H30O6/c1-20(28)26(29-2)18-21-10-15-25(27(19-21)30-3)32-17-7-16-31-22-11-13-24(14-12-22)33-23-8-5-4-6-9-23/h4-6,8-15,19,26H,7,16-18H2,1-3H3/t26-/m0/s1. The fourth-order valence-corrected chi connectivity index (χ4v) is 3.22. The number of hydrogen-bond donors (Lipinski definition) is 0. The Hall–Kier alpha value is -3.51. The van der Waals surface area contributed by atoms with E-state index in [9.17, 15) is 4.79 Å². The van der Waals surface area contributed by atoms with Crippen molar-refractivity contribution in [1.82, 2.24) is 0 Å². The van der Waals surface area contributed by atoms with Gasteiger partial charge >= 0.3 is 0 Å². The minimum atomic E-state index is -0.461. The van der Waals surface area contributed by atoms with Gasteiger partial charge in [0.1, 0.15) is 23.4 Å². The van der Waals surface area contributed by atoms with E-state index < -0.39 is 6.10 Å². The van der Waals surface area contributed by atoms with Crippen molar-refractivity contribution in [1.29, 1.82) is 0 Å². The molecule has 0 heterocycles. The summed E-state index contributed by atoms with van der Waals surface area (Å²) < 4.78 is 28.1. The van der Waals surface area contributed by atoms with Gasteiger partial charge in [0.2, 0.25) is 0 Å². The maximum absolute atomic E-state index is 11.6. The molecule has 0 saturated heterocycles. The van der Waals surface area contributed by atoms with Gasteiger partial charge in [-0.25, -0.2) is 0 Å². The molecule has 0 amide bonds. The normalized spacial score (nSPS) is 11.5. The van der Waals surface area contributed by atoms with E-state index >= 15 is 0 Å². The average Bonchev–Trinajstić information content (AvgIpc) is 2.84. The van der Waals surface area contributed by atoms with Crippen LogP contribution in [0.25, 0.3) is 0 Å². The average molecular weight is 451 g/mol. The molecule has 0 fully saturated rings. The van der Waals surface area contributed by atoms with Gasteiger partial charge in [-0.15, -0.1) is 0 Å². The maximum Gasteiger partial charge on any atom is 0.161 e. The van der Waals surface area contributed by atoms with Crippen LogP contribution in [0.15, 0.2) is 72.8 Å². The van der Waals surface area contributed by atoms with Gasteiger partial charge in [0.05, 0.1) is 20.3 Å². The van der Waals surface area contributed by atoms with Crippen LogP contribution in [0.4, 0.5) is 0 Å². The lowest BCUT2D eigenvalue weighted by Gasteiger charge is -2.15. The van der Waals surface area contributed by atoms with E-state index in [1.807, 2.05) is 72.8 Å². The quantitative estimate of drug-likeness (QED) is 0.321. The predicted octanol–water partition coefficient (Wildman–Crippen LogP) is 5.48. The molecule has 0 N–H and O–H groups in total. The minimum absolute atomic E-state index is 0.00449. The van der Waals surface area contributed by atoms with E-state index in [1.54, 1.807) is 7.11 Å². The molecule has 0 aromatic heterocycles. The second-order valence-corrected chi connectivity index (χ2v) is 7.46. The molecule has 3 aromatic carbocycles. The summed E-state index contributed by atoms with van der Waals surface area (Å²) in [6.07, 6.45) is 0.743. The Morgan fingerprint density at radius 3 is 2.12 bits per heavy atom. The van der Waals surface area contributed by atoms with Crippen LogP contribution in [0, 0.1) is 0 Å². The number of methoxy groups -OCH3 is 2. The Kier molecular flexibility index (Phi) is 9.15. The van der Waals surface area contributed by atoms with Gasteiger partial charge in [-0.2, -0.15) is 0 Å². The smallest absolute Gasteiger partial charge is 0.161 e. The van der Waals surface area contributed by atoms with Crippen molar-refractivity contribution in [2.45, 2.75) is 25.9 Å². The van der Waals surface area contributed by atoms with Gasteiger partial charge in [-0.3, -0.25) is 4.79 Å². The van der Waals surface area contributed by atoms with Crippen LogP contribution >= 0.6 is 0 Å². The zero-order chi connectivity index (χ0) is 23.5.